The molecule has 17 heavy (non-hydrogen) atoms. The first-order valence-corrected chi connectivity index (χ1v) is 6.39. The number of amides is 1. The SMILES string of the molecule is O=C(NCC(O)c1ccsc1)C1COCCO1. The van der Waals surface area contributed by atoms with E-state index in [0.29, 0.717) is 13.2 Å². The summed E-state index contributed by atoms with van der Waals surface area (Å²) >= 11 is 1.51. The number of aliphatic hydroxyl groups is 1. The third kappa shape index (κ3) is 3.50. The van der Waals surface area contributed by atoms with Gasteiger partial charge in [0.2, 0.25) is 0 Å². The minimum absolute atomic E-state index is 0.190. The van der Waals surface area contributed by atoms with E-state index in [1.165, 1.54) is 11.3 Å². The van der Waals surface area contributed by atoms with E-state index in [2.05, 4.69) is 5.32 Å². The van der Waals surface area contributed by atoms with Crippen molar-refractivity contribution in [2.75, 3.05) is 26.4 Å². The Morgan fingerprint density at radius 3 is 3.18 bits per heavy atom. The van der Waals surface area contributed by atoms with Crippen molar-refractivity contribution in [1.29, 1.82) is 0 Å². The first-order valence-electron chi connectivity index (χ1n) is 5.44. The van der Waals surface area contributed by atoms with Crippen LogP contribution in [-0.2, 0) is 14.3 Å². The third-order valence-electron chi connectivity index (χ3n) is 2.51. The molecule has 1 amide bonds. The first-order chi connectivity index (χ1) is 8.27. The van der Waals surface area contributed by atoms with Crippen molar-refractivity contribution in [2.24, 2.45) is 0 Å². The number of carbonyl (C=O) groups is 1. The van der Waals surface area contributed by atoms with Crippen molar-refractivity contribution < 1.29 is 19.4 Å². The molecule has 1 aromatic rings. The van der Waals surface area contributed by atoms with Crippen LogP contribution in [-0.4, -0.2) is 43.5 Å². The first kappa shape index (κ1) is 12.5. The molecule has 1 aliphatic heterocycles. The number of hydrogen-bond acceptors (Lipinski definition) is 5. The van der Waals surface area contributed by atoms with E-state index in [4.69, 9.17) is 9.47 Å². The second kappa shape index (κ2) is 6.11. The molecule has 6 heteroatoms. The Labute approximate surface area is 103 Å². The number of nitrogens with one attached hydrogen (secondary N) is 1. The Hall–Kier alpha value is -0.950. The van der Waals surface area contributed by atoms with Crippen LogP contribution in [0, 0.1) is 0 Å². The maximum atomic E-state index is 11.6. The van der Waals surface area contributed by atoms with Gasteiger partial charge in [-0.05, 0) is 22.4 Å². The lowest BCUT2D eigenvalue weighted by atomic mass is 10.2. The Bertz CT molecular complexity index is 348. The molecule has 0 saturated carbocycles. The van der Waals surface area contributed by atoms with E-state index in [0.717, 1.165) is 5.56 Å². The lowest BCUT2D eigenvalue weighted by Crippen LogP contribution is -2.43. The number of thiophene rings is 1. The van der Waals surface area contributed by atoms with Crippen LogP contribution in [0.2, 0.25) is 0 Å². The smallest absolute Gasteiger partial charge is 0.251 e. The number of rotatable bonds is 4. The van der Waals surface area contributed by atoms with E-state index in [1.54, 1.807) is 0 Å². The second-order valence-corrected chi connectivity index (χ2v) is 4.53. The van der Waals surface area contributed by atoms with Gasteiger partial charge in [-0.2, -0.15) is 11.3 Å². The summed E-state index contributed by atoms with van der Waals surface area (Å²) in [5.41, 5.74) is 0.816. The number of aliphatic hydroxyl groups excluding tert-OH is 1. The van der Waals surface area contributed by atoms with Crippen LogP contribution in [0.15, 0.2) is 16.8 Å². The predicted molar refractivity (Wildman–Crippen MR) is 62.8 cm³/mol. The Morgan fingerprint density at radius 1 is 1.65 bits per heavy atom. The van der Waals surface area contributed by atoms with Gasteiger partial charge < -0.3 is 19.9 Å². The van der Waals surface area contributed by atoms with Crippen LogP contribution in [0.5, 0.6) is 0 Å². The largest absolute Gasteiger partial charge is 0.387 e. The number of hydrogen-bond donors (Lipinski definition) is 2. The highest BCUT2D eigenvalue weighted by molar-refractivity contribution is 7.07. The number of carbonyl (C=O) groups excluding carboxylic acids is 1. The minimum atomic E-state index is -0.672. The van der Waals surface area contributed by atoms with E-state index < -0.39 is 12.2 Å². The molecule has 2 unspecified atom stereocenters. The summed E-state index contributed by atoms with van der Waals surface area (Å²) < 4.78 is 10.4. The van der Waals surface area contributed by atoms with Crippen LogP contribution in [0.4, 0.5) is 0 Å². The zero-order valence-corrected chi connectivity index (χ0v) is 10.1. The Kier molecular flexibility index (Phi) is 4.49. The van der Waals surface area contributed by atoms with Crippen molar-refractivity contribution >= 4 is 17.2 Å². The average molecular weight is 257 g/mol. The zero-order valence-electron chi connectivity index (χ0n) is 9.30. The van der Waals surface area contributed by atoms with Crippen LogP contribution < -0.4 is 5.32 Å². The molecule has 5 nitrogen and oxygen atoms in total. The summed E-state index contributed by atoms with van der Waals surface area (Å²) in [6.45, 7) is 1.43. The van der Waals surface area contributed by atoms with Gasteiger partial charge in [0.15, 0.2) is 6.10 Å². The highest BCUT2D eigenvalue weighted by atomic mass is 32.1. The van der Waals surface area contributed by atoms with Crippen LogP contribution in [0.25, 0.3) is 0 Å². The molecule has 94 valence electrons. The maximum Gasteiger partial charge on any atom is 0.251 e. The molecule has 0 bridgehead atoms. The van der Waals surface area contributed by atoms with Crippen LogP contribution >= 0.6 is 11.3 Å². The molecule has 1 saturated heterocycles. The molecule has 2 heterocycles. The lowest BCUT2D eigenvalue weighted by molar-refractivity contribution is -0.147. The van der Waals surface area contributed by atoms with E-state index in [-0.39, 0.29) is 19.1 Å². The van der Waals surface area contributed by atoms with Gasteiger partial charge in [-0.3, -0.25) is 4.79 Å². The fourth-order valence-corrected chi connectivity index (χ4v) is 2.24. The number of ether oxygens (including phenoxy) is 2. The third-order valence-corrected chi connectivity index (χ3v) is 3.21. The lowest BCUT2D eigenvalue weighted by Gasteiger charge is -2.22. The fraction of sp³-hybridized carbons (Fsp3) is 0.545. The normalized spacial score (nSPS) is 22.1. The summed E-state index contributed by atoms with van der Waals surface area (Å²) in [6, 6.07) is 1.84. The van der Waals surface area contributed by atoms with Gasteiger partial charge in [0, 0.05) is 6.54 Å². The van der Waals surface area contributed by atoms with Gasteiger partial charge in [0.05, 0.1) is 25.9 Å². The Morgan fingerprint density at radius 2 is 2.53 bits per heavy atom. The molecule has 2 rings (SSSR count). The molecule has 0 spiro atoms. The van der Waals surface area contributed by atoms with Gasteiger partial charge in [0.1, 0.15) is 0 Å². The summed E-state index contributed by atoms with van der Waals surface area (Å²) in [5, 5.41) is 16.2. The highest BCUT2D eigenvalue weighted by Gasteiger charge is 2.23. The van der Waals surface area contributed by atoms with Gasteiger partial charge in [0.25, 0.3) is 5.91 Å². The quantitative estimate of drug-likeness (QED) is 0.815. The Balaban J connectivity index is 1.75. The molecule has 0 radical (unpaired) electrons. The second-order valence-electron chi connectivity index (χ2n) is 3.75. The zero-order chi connectivity index (χ0) is 12.1. The molecule has 1 aromatic heterocycles. The summed E-state index contributed by atoms with van der Waals surface area (Å²) in [5.74, 6) is -0.237. The van der Waals surface area contributed by atoms with E-state index in [9.17, 15) is 9.90 Å². The van der Waals surface area contributed by atoms with Gasteiger partial charge in [-0.15, -0.1) is 0 Å². The van der Waals surface area contributed by atoms with Gasteiger partial charge in [-0.1, -0.05) is 0 Å². The van der Waals surface area contributed by atoms with Crippen molar-refractivity contribution in [3.05, 3.63) is 22.4 Å². The standard InChI is InChI=1S/C11H15NO4S/c13-9(8-1-4-17-7-8)5-12-11(14)10-6-15-2-3-16-10/h1,4,7,9-10,13H,2-3,5-6H2,(H,12,14). The summed E-state index contributed by atoms with van der Waals surface area (Å²) in [6.07, 6.45) is -1.23. The van der Waals surface area contributed by atoms with Crippen molar-refractivity contribution in [3.63, 3.8) is 0 Å². The molecule has 2 atom stereocenters. The van der Waals surface area contributed by atoms with Gasteiger partial charge in [-0.25, -0.2) is 0 Å². The van der Waals surface area contributed by atoms with Crippen LogP contribution in [0.3, 0.4) is 0 Å². The van der Waals surface area contributed by atoms with Gasteiger partial charge >= 0.3 is 0 Å². The average Bonchev–Trinajstić information content (AvgIpc) is 2.90. The maximum absolute atomic E-state index is 11.6. The fourth-order valence-electron chi connectivity index (χ4n) is 1.53. The molecular formula is C11H15NO4S. The summed E-state index contributed by atoms with van der Waals surface area (Å²) in [4.78, 5) is 11.6. The van der Waals surface area contributed by atoms with Crippen molar-refractivity contribution in [1.82, 2.24) is 5.32 Å². The minimum Gasteiger partial charge on any atom is -0.387 e. The summed E-state index contributed by atoms with van der Waals surface area (Å²) in [7, 11) is 0. The van der Waals surface area contributed by atoms with Crippen molar-refractivity contribution in [3.8, 4) is 0 Å². The molecule has 0 aromatic carbocycles. The molecule has 0 aliphatic carbocycles. The molecule has 1 fully saturated rings. The molecule has 1 aliphatic rings. The molecule has 2 N–H and O–H groups in total. The predicted octanol–water partition coefficient (Wildman–Crippen LogP) is 0.313. The highest BCUT2D eigenvalue weighted by Crippen LogP contribution is 2.15. The van der Waals surface area contributed by atoms with Crippen molar-refractivity contribution in [2.45, 2.75) is 12.2 Å². The topological polar surface area (TPSA) is 67.8 Å². The monoisotopic (exact) mass is 257 g/mol. The van der Waals surface area contributed by atoms with E-state index in [1.807, 2.05) is 16.8 Å². The van der Waals surface area contributed by atoms with Crippen LogP contribution in [0.1, 0.15) is 11.7 Å². The molecular weight excluding hydrogens is 242 g/mol. The van der Waals surface area contributed by atoms with E-state index >= 15 is 0 Å².